The number of sulfonamides is 1. The van der Waals surface area contributed by atoms with Crippen LogP contribution in [-0.2, 0) is 16.6 Å². The van der Waals surface area contributed by atoms with E-state index in [0.717, 1.165) is 5.56 Å². The molecule has 1 aliphatic carbocycles. The van der Waals surface area contributed by atoms with E-state index < -0.39 is 39.6 Å². The lowest BCUT2D eigenvalue weighted by Gasteiger charge is -2.37. The molecule has 1 unspecified atom stereocenters. The van der Waals surface area contributed by atoms with Crippen molar-refractivity contribution < 1.29 is 32.9 Å². The van der Waals surface area contributed by atoms with Crippen LogP contribution in [0.15, 0.2) is 65.6 Å². The molecule has 1 fully saturated rings. The summed E-state index contributed by atoms with van der Waals surface area (Å²) in [5.41, 5.74) is 0.719. The Hall–Kier alpha value is -2.28. The van der Waals surface area contributed by atoms with Crippen molar-refractivity contribution in [1.82, 2.24) is 9.62 Å². The molecule has 1 heterocycles. The molecule has 4 N–H and O–H groups in total. The van der Waals surface area contributed by atoms with Crippen molar-refractivity contribution in [3.05, 3.63) is 82.1 Å². The van der Waals surface area contributed by atoms with E-state index in [2.05, 4.69) is 4.72 Å². The topological polar surface area (TPSA) is 119 Å². The van der Waals surface area contributed by atoms with Crippen LogP contribution in [0.5, 0.6) is 5.75 Å². The number of aliphatic hydroxyl groups is 3. The summed E-state index contributed by atoms with van der Waals surface area (Å²) < 4.78 is 49.9. The minimum atomic E-state index is -4.13. The average Bonchev–Trinajstić information content (AvgIpc) is 3.20. The van der Waals surface area contributed by atoms with Gasteiger partial charge >= 0.3 is 0 Å². The molecule has 4 atom stereocenters. The smallest absolute Gasteiger partial charge is 0.244 e. The van der Waals surface area contributed by atoms with Crippen LogP contribution in [0, 0.1) is 11.2 Å². The van der Waals surface area contributed by atoms with Gasteiger partial charge in [0.1, 0.15) is 16.5 Å². The number of ether oxygens (including phenoxy) is 1. The Bertz CT molecular complexity index is 1510. The summed E-state index contributed by atoms with van der Waals surface area (Å²) in [4.78, 5) is 1.76. The summed E-state index contributed by atoms with van der Waals surface area (Å²) in [5.74, 6) is -0.472. The number of hydrogen-bond acceptors (Lipinski definition) is 7. The largest absolute Gasteiger partial charge is 0.492 e. The normalized spacial score (nSPS) is 27.0. The van der Waals surface area contributed by atoms with Crippen molar-refractivity contribution in [2.24, 2.45) is 5.41 Å². The van der Waals surface area contributed by atoms with Gasteiger partial charge in [-0.1, -0.05) is 53.5 Å². The van der Waals surface area contributed by atoms with Crippen LogP contribution in [0.1, 0.15) is 18.4 Å². The molecule has 5 rings (SSSR count). The van der Waals surface area contributed by atoms with E-state index in [1.54, 1.807) is 36.4 Å². The van der Waals surface area contributed by atoms with Crippen LogP contribution >= 0.6 is 23.2 Å². The molecule has 1 aliphatic heterocycles. The fourth-order valence-electron chi connectivity index (χ4n) is 5.67. The van der Waals surface area contributed by atoms with Gasteiger partial charge in [-0.05, 0) is 54.3 Å². The monoisotopic (exact) mass is 624 g/mol. The molecule has 8 nitrogen and oxygen atoms in total. The molecule has 0 amide bonds. The van der Waals surface area contributed by atoms with E-state index in [1.165, 1.54) is 24.3 Å². The van der Waals surface area contributed by atoms with Crippen molar-refractivity contribution in [2.75, 3.05) is 26.2 Å². The summed E-state index contributed by atoms with van der Waals surface area (Å²) in [7, 11) is -4.13. The third-order valence-corrected chi connectivity index (χ3v) is 9.81. The Balaban J connectivity index is 1.53. The van der Waals surface area contributed by atoms with Gasteiger partial charge in [-0.3, -0.25) is 4.90 Å². The summed E-state index contributed by atoms with van der Waals surface area (Å²) in [6, 6.07) is 15.7. The van der Waals surface area contributed by atoms with Gasteiger partial charge in [0.05, 0.1) is 35.0 Å². The Kier molecular flexibility index (Phi) is 8.94. The summed E-state index contributed by atoms with van der Waals surface area (Å²) in [6.07, 6.45) is -2.71. The second kappa shape index (κ2) is 12.1. The van der Waals surface area contributed by atoms with Crippen LogP contribution in [0.25, 0.3) is 11.1 Å². The molecular formula is C29H31Cl2FN2O6S. The second-order valence-electron chi connectivity index (χ2n) is 10.9. The number of nitrogens with zero attached hydrogens (tertiary/aromatic N) is 1. The number of aliphatic hydroxyl groups excluding tert-OH is 3. The predicted octanol–water partition coefficient (Wildman–Crippen LogP) is 3.84. The van der Waals surface area contributed by atoms with Crippen molar-refractivity contribution in [3.63, 3.8) is 0 Å². The van der Waals surface area contributed by atoms with E-state index in [1.807, 2.05) is 4.90 Å². The van der Waals surface area contributed by atoms with Crippen LogP contribution in [0.3, 0.4) is 0 Å². The maximum atomic E-state index is 14.6. The second-order valence-corrected chi connectivity index (χ2v) is 13.4. The van der Waals surface area contributed by atoms with Crippen molar-refractivity contribution in [3.8, 4) is 16.9 Å². The Morgan fingerprint density at radius 3 is 2.44 bits per heavy atom. The lowest BCUT2D eigenvalue weighted by Crippen LogP contribution is -2.46. The average molecular weight is 626 g/mol. The lowest BCUT2D eigenvalue weighted by atomic mass is 9.85. The van der Waals surface area contributed by atoms with Gasteiger partial charge in [-0.2, -0.15) is 0 Å². The molecule has 0 aromatic heterocycles. The highest BCUT2D eigenvalue weighted by Crippen LogP contribution is 2.42. The number of fused-ring (bicyclic) bond motifs is 1. The highest BCUT2D eigenvalue weighted by Gasteiger charge is 2.46. The van der Waals surface area contributed by atoms with E-state index >= 15 is 0 Å². The minimum Gasteiger partial charge on any atom is -0.492 e. The molecule has 1 spiro atoms. The van der Waals surface area contributed by atoms with Gasteiger partial charge in [-0.15, -0.1) is 0 Å². The fourth-order valence-corrected chi connectivity index (χ4v) is 7.19. The number of hydrogen-bond donors (Lipinski definition) is 4. The zero-order valence-electron chi connectivity index (χ0n) is 22.0. The number of halogens is 3. The van der Waals surface area contributed by atoms with Gasteiger partial charge in [0, 0.05) is 37.2 Å². The Morgan fingerprint density at radius 1 is 1.00 bits per heavy atom. The number of benzene rings is 3. The van der Waals surface area contributed by atoms with E-state index in [0.29, 0.717) is 28.7 Å². The molecule has 0 saturated heterocycles. The summed E-state index contributed by atoms with van der Waals surface area (Å²) in [6.45, 7) is 0.428. The zero-order chi connectivity index (χ0) is 29.4. The molecule has 12 heteroatoms. The maximum absolute atomic E-state index is 14.6. The fraction of sp³-hybridized carbons (Fsp3) is 0.379. The highest BCUT2D eigenvalue weighted by molar-refractivity contribution is 7.89. The third kappa shape index (κ3) is 6.87. The zero-order valence-corrected chi connectivity index (χ0v) is 24.3. The Morgan fingerprint density at radius 2 is 1.73 bits per heavy atom. The van der Waals surface area contributed by atoms with Gasteiger partial charge in [0.25, 0.3) is 0 Å². The molecular weight excluding hydrogens is 594 g/mol. The molecule has 3 aromatic carbocycles. The minimum absolute atomic E-state index is 0.000367. The maximum Gasteiger partial charge on any atom is 0.244 e. The van der Waals surface area contributed by atoms with Gasteiger partial charge in [0.15, 0.2) is 0 Å². The molecule has 0 radical (unpaired) electrons. The number of nitrogens with one attached hydrogen (secondary N) is 1. The number of β-amino-alcohol motifs (C(OH)–C–C–N with tert-alkyl or cyclic N) is 1. The van der Waals surface area contributed by atoms with E-state index in [-0.39, 0.29) is 48.7 Å². The predicted molar refractivity (Wildman–Crippen MR) is 154 cm³/mol. The summed E-state index contributed by atoms with van der Waals surface area (Å²) >= 11 is 12.3. The lowest BCUT2D eigenvalue weighted by molar-refractivity contribution is 0.0427. The Labute approximate surface area is 248 Å². The van der Waals surface area contributed by atoms with Crippen molar-refractivity contribution >= 4 is 33.2 Å². The SMILES string of the molecule is O=S1(=O)NC[C@H](O)CN(Cc2ccc(Cl)c(Cl)c2)CC2(COc3cc(-c4ccccc4F)ccc31)C[C@@H](O)[C@@H](O)C2. The molecule has 2 aliphatic rings. The molecule has 41 heavy (non-hydrogen) atoms. The van der Waals surface area contributed by atoms with Gasteiger partial charge < -0.3 is 20.1 Å². The van der Waals surface area contributed by atoms with Crippen LogP contribution < -0.4 is 9.46 Å². The standard InChI is InChI=1S/C29H31Cl2FN2O6S/c30-22-7-5-18(9-23(22)31)14-34-15-20(35)13-33-41(38,39)28-8-6-19(21-3-1-2-4-24(21)32)10-27(28)40-17-29(16-34)11-25(36)26(37)12-29/h1-10,20,25-26,33,35-37H,11-17H2/t20-,25-,26+,29?/m0/s1. The first kappa shape index (κ1) is 30.2. The molecule has 220 valence electrons. The van der Waals surface area contributed by atoms with Gasteiger partial charge in [-0.25, -0.2) is 17.5 Å². The van der Waals surface area contributed by atoms with Crippen molar-refractivity contribution in [1.29, 1.82) is 0 Å². The van der Waals surface area contributed by atoms with E-state index in [4.69, 9.17) is 27.9 Å². The molecule has 3 aromatic rings. The van der Waals surface area contributed by atoms with Crippen LogP contribution in [0.4, 0.5) is 4.39 Å². The van der Waals surface area contributed by atoms with Crippen LogP contribution in [0.2, 0.25) is 10.0 Å². The van der Waals surface area contributed by atoms with Crippen LogP contribution in [-0.4, -0.2) is 73.2 Å². The quantitative estimate of drug-likeness (QED) is 0.350. The van der Waals surface area contributed by atoms with Crippen molar-refractivity contribution in [2.45, 2.75) is 42.6 Å². The molecule has 1 saturated carbocycles. The molecule has 0 bridgehead atoms. The first-order valence-corrected chi connectivity index (χ1v) is 15.4. The van der Waals surface area contributed by atoms with E-state index in [9.17, 15) is 28.1 Å². The highest BCUT2D eigenvalue weighted by atomic mass is 35.5. The third-order valence-electron chi connectivity index (χ3n) is 7.61. The van der Waals surface area contributed by atoms with Gasteiger partial charge in [0.2, 0.25) is 10.0 Å². The number of rotatable bonds is 3. The summed E-state index contributed by atoms with van der Waals surface area (Å²) in [5, 5.41) is 32.8. The first-order valence-electron chi connectivity index (χ1n) is 13.2. The first-order chi connectivity index (χ1) is 19.4.